The lowest BCUT2D eigenvalue weighted by Gasteiger charge is -2.32. The number of anilines is 2. The molecule has 4 rings (SSSR count). The number of rotatable bonds is 7. The maximum absolute atomic E-state index is 13.6. The van der Waals surface area contributed by atoms with Crippen molar-refractivity contribution in [3.05, 3.63) is 70.8 Å². The molecule has 1 aliphatic rings. The van der Waals surface area contributed by atoms with Crippen molar-refractivity contribution in [1.82, 2.24) is 16.0 Å². The third-order valence-corrected chi connectivity index (χ3v) is 7.65. The van der Waals surface area contributed by atoms with Gasteiger partial charge in [0.25, 0.3) is 5.91 Å². The predicted octanol–water partition coefficient (Wildman–Crippen LogP) is 5.08. The molecule has 10 nitrogen and oxygen atoms in total. The zero-order valence-corrected chi connectivity index (χ0v) is 23.8. The number of carbonyl (C=O) groups is 4. The summed E-state index contributed by atoms with van der Waals surface area (Å²) in [6, 6.07) is 12.8. The SMILES string of the molecule is CNC(=O)N[C@H]1CC[C@H](C(NC(=O)c2cc3ccccc3cc2NC(=O)Nc2c(C)cc(C)cc2C)C(=O)O)CC1. The number of urea groups is 2. The molecule has 3 aromatic carbocycles. The van der Waals surface area contributed by atoms with Crippen LogP contribution < -0.4 is 26.6 Å². The van der Waals surface area contributed by atoms with Crippen molar-refractivity contribution in [3.63, 3.8) is 0 Å². The monoisotopic (exact) mass is 559 g/mol. The lowest BCUT2D eigenvalue weighted by atomic mass is 9.81. The van der Waals surface area contributed by atoms with Crippen molar-refractivity contribution < 1.29 is 24.3 Å². The van der Waals surface area contributed by atoms with E-state index in [0.29, 0.717) is 31.4 Å². The largest absolute Gasteiger partial charge is 0.480 e. The Morgan fingerprint density at radius 3 is 2.02 bits per heavy atom. The van der Waals surface area contributed by atoms with Crippen molar-refractivity contribution in [2.24, 2.45) is 5.92 Å². The van der Waals surface area contributed by atoms with Gasteiger partial charge in [-0.25, -0.2) is 14.4 Å². The van der Waals surface area contributed by atoms with E-state index < -0.39 is 23.9 Å². The Kier molecular flexibility index (Phi) is 9.11. The van der Waals surface area contributed by atoms with Gasteiger partial charge in [0.2, 0.25) is 0 Å². The quantitative estimate of drug-likeness (QED) is 0.239. The molecule has 0 bridgehead atoms. The fraction of sp³-hybridized carbons (Fsp3) is 0.355. The van der Waals surface area contributed by atoms with E-state index in [1.165, 1.54) is 0 Å². The molecule has 41 heavy (non-hydrogen) atoms. The second kappa shape index (κ2) is 12.7. The molecule has 1 unspecified atom stereocenters. The van der Waals surface area contributed by atoms with E-state index in [9.17, 15) is 24.3 Å². The molecule has 10 heteroatoms. The zero-order chi connectivity index (χ0) is 29.7. The summed E-state index contributed by atoms with van der Waals surface area (Å²) in [5.41, 5.74) is 4.04. The molecule has 0 heterocycles. The molecule has 1 fully saturated rings. The summed E-state index contributed by atoms with van der Waals surface area (Å²) in [6.07, 6.45) is 2.29. The molecular formula is C31H37N5O5. The number of aliphatic carboxylic acids is 1. The van der Waals surface area contributed by atoms with E-state index in [1.807, 2.05) is 57.2 Å². The molecular weight excluding hydrogens is 522 g/mol. The maximum atomic E-state index is 13.6. The molecule has 0 aromatic heterocycles. The van der Waals surface area contributed by atoms with E-state index in [0.717, 1.165) is 27.5 Å². The van der Waals surface area contributed by atoms with Crippen LogP contribution in [0.5, 0.6) is 0 Å². The van der Waals surface area contributed by atoms with Gasteiger partial charge in [0.15, 0.2) is 0 Å². The van der Waals surface area contributed by atoms with Gasteiger partial charge in [-0.3, -0.25) is 4.79 Å². The Morgan fingerprint density at radius 1 is 0.829 bits per heavy atom. The third kappa shape index (κ3) is 7.13. The van der Waals surface area contributed by atoms with Crippen LogP contribution in [0.3, 0.4) is 0 Å². The molecule has 6 N–H and O–H groups in total. The van der Waals surface area contributed by atoms with E-state index in [4.69, 9.17) is 0 Å². The standard InChI is InChI=1S/C31H37N5O5/c1-17-13-18(2)26(19(3)14-17)36-31(41)34-25-16-22-8-6-5-7-21(22)15-24(25)28(37)35-27(29(38)39)20-9-11-23(12-10-20)33-30(40)32-4/h5-8,13-16,20,23,27H,9-12H2,1-4H3,(H,35,37)(H,38,39)(H2,32,33,40)(H2,34,36,41)/t20-,23-,27?. The first-order valence-corrected chi connectivity index (χ1v) is 13.8. The lowest BCUT2D eigenvalue weighted by Crippen LogP contribution is -2.49. The predicted molar refractivity (Wildman–Crippen MR) is 159 cm³/mol. The number of amides is 5. The molecule has 3 aromatic rings. The number of benzene rings is 3. The smallest absolute Gasteiger partial charge is 0.326 e. The summed E-state index contributed by atoms with van der Waals surface area (Å²) in [7, 11) is 1.54. The van der Waals surface area contributed by atoms with Crippen LogP contribution in [0.25, 0.3) is 10.8 Å². The minimum Gasteiger partial charge on any atom is -0.480 e. The van der Waals surface area contributed by atoms with E-state index in [-0.39, 0.29) is 29.2 Å². The van der Waals surface area contributed by atoms with Crippen molar-refractivity contribution in [2.45, 2.75) is 58.5 Å². The van der Waals surface area contributed by atoms with Gasteiger partial charge < -0.3 is 31.7 Å². The third-order valence-electron chi connectivity index (χ3n) is 7.65. The summed E-state index contributed by atoms with van der Waals surface area (Å²) in [6.45, 7) is 5.82. The first kappa shape index (κ1) is 29.4. The minimum atomic E-state index is -1.13. The highest BCUT2D eigenvalue weighted by Gasteiger charge is 2.34. The Morgan fingerprint density at radius 2 is 1.44 bits per heavy atom. The highest BCUT2D eigenvalue weighted by atomic mass is 16.4. The summed E-state index contributed by atoms with van der Waals surface area (Å²) in [5, 5.41) is 25.4. The molecule has 0 radical (unpaired) electrons. The normalized spacial score (nSPS) is 17.3. The van der Waals surface area contributed by atoms with Crippen LogP contribution in [0.1, 0.15) is 52.7 Å². The zero-order valence-electron chi connectivity index (χ0n) is 23.8. The highest BCUT2D eigenvalue weighted by Crippen LogP contribution is 2.29. The molecule has 0 aliphatic heterocycles. The van der Waals surface area contributed by atoms with Crippen molar-refractivity contribution in [3.8, 4) is 0 Å². The van der Waals surface area contributed by atoms with Gasteiger partial charge in [-0.15, -0.1) is 0 Å². The second-order valence-corrected chi connectivity index (χ2v) is 10.7. The number of carbonyl (C=O) groups excluding carboxylic acids is 3. The van der Waals surface area contributed by atoms with Crippen molar-refractivity contribution >= 4 is 46.1 Å². The summed E-state index contributed by atoms with van der Waals surface area (Å²) >= 11 is 0. The number of carboxylic acid groups (broad SMARTS) is 1. The molecule has 216 valence electrons. The van der Waals surface area contributed by atoms with Gasteiger partial charge in [-0.2, -0.15) is 0 Å². The topological polar surface area (TPSA) is 149 Å². The first-order chi connectivity index (χ1) is 19.5. The first-order valence-electron chi connectivity index (χ1n) is 13.8. The number of carboxylic acids is 1. The van der Waals surface area contributed by atoms with Crippen LogP contribution in [0, 0.1) is 26.7 Å². The lowest BCUT2D eigenvalue weighted by molar-refractivity contribution is -0.141. The average molecular weight is 560 g/mol. The van der Waals surface area contributed by atoms with Crippen LogP contribution in [0.15, 0.2) is 48.5 Å². The average Bonchev–Trinajstić information content (AvgIpc) is 2.93. The number of fused-ring (bicyclic) bond motifs is 1. The van der Waals surface area contributed by atoms with Gasteiger partial charge in [-0.05, 0) is 86.4 Å². The Hall–Kier alpha value is -4.60. The molecule has 0 spiro atoms. The summed E-state index contributed by atoms with van der Waals surface area (Å²) < 4.78 is 0. The Labute approximate surface area is 239 Å². The summed E-state index contributed by atoms with van der Waals surface area (Å²) in [5.74, 6) is -2.02. The molecule has 1 aliphatic carbocycles. The van der Waals surface area contributed by atoms with Gasteiger partial charge in [0.05, 0.1) is 11.3 Å². The van der Waals surface area contributed by atoms with E-state index in [1.54, 1.807) is 19.2 Å². The van der Waals surface area contributed by atoms with Crippen molar-refractivity contribution in [1.29, 1.82) is 0 Å². The van der Waals surface area contributed by atoms with E-state index >= 15 is 0 Å². The molecule has 1 saturated carbocycles. The molecule has 1 atom stereocenters. The van der Waals surface area contributed by atoms with Crippen LogP contribution in [0.2, 0.25) is 0 Å². The number of aryl methyl sites for hydroxylation is 3. The maximum Gasteiger partial charge on any atom is 0.326 e. The van der Waals surface area contributed by atoms with Gasteiger partial charge in [0, 0.05) is 18.8 Å². The molecule has 0 saturated heterocycles. The van der Waals surface area contributed by atoms with Crippen molar-refractivity contribution in [2.75, 3.05) is 17.7 Å². The fourth-order valence-corrected chi connectivity index (χ4v) is 5.63. The van der Waals surface area contributed by atoms with Crippen LogP contribution in [0.4, 0.5) is 21.0 Å². The van der Waals surface area contributed by atoms with Crippen LogP contribution >= 0.6 is 0 Å². The van der Waals surface area contributed by atoms with Crippen LogP contribution in [-0.2, 0) is 4.79 Å². The van der Waals surface area contributed by atoms with E-state index in [2.05, 4.69) is 26.6 Å². The summed E-state index contributed by atoms with van der Waals surface area (Å²) in [4.78, 5) is 50.6. The van der Waals surface area contributed by atoms with Gasteiger partial charge in [0.1, 0.15) is 6.04 Å². The van der Waals surface area contributed by atoms with Crippen LogP contribution in [-0.4, -0.2) is 48.2 Å². The second-order valence-electron chi connectivity index (χ2n) is 10.7. The van der Waals surface area contributed by atoms with Gasteiger partial charge >= 0.3 is 18.0 Å². The van der Waals surface area contributed by atoms with Gasteiger partial charge in [-0.1, -0.05) is 42.0 Å². The minimum absolute atomic E-state index is 0.0491. The Bertz CT molecular complexity index is 1460. The number of hydrogen-bond acceptors (Lipinski definition) is 4. The highest BCUT2D eigenvalue weighted by molar-refractivity contribution is 6.10. The number of hydrogen-bond donors (Lipinski definition) is 6. The fourth-order valence-electron chi connectivity index (χ4n) is 5.63. The number of nitrogens with one attached hydrogen (secondary N) is 5. The molecule has 5 amide bonds. The Balaban J connectivity index is 1.55.